The number of fused-ring (bicyclic) bond motifs is 8. The van der Waals surface area contributed by atoms with Crippen LogP contribution in [0.2, 0.25) is 0 Å². The van der Waals surface area contributed by atoms with Crippen molar-refractivity contribution < 1.29 is 24.9 Å². The molecule has 48 heavy (non-hydrogen) atoms. The van der Waals surface area contributed by atoms with Gasteiger partial charge in [-0.05, 0) is 106 Å². The van der Waals surface area contributed by atoms with Gasteiger partial charge in [0.05, 0.1) is 31.0 Å². The van der Waals surface area contributed by atoms with Crippen molar-refractivity contribution in [1.82, 2.24) is 4.90 Å². The fourth-order valence-corrected chi connectivity index (χ4v) is 8.96. The van der Waals surface area contributed by atoms with Crippen molar-refractivity contribution in [3.8, 4) is 0 Å². The zero-order valence-corrected chi connectivity index (χ0v) is 29.8. The molecule has 0 saturated heterocycles. The standard InChI is InChI=1S/C42H61NO5/c1-4-24-43(27-36(45)29-48-28-32-13-7-5-8-14-32)30-42(47)23-21-39-37-20-18-33(26-38(37)40(46)34-15-9-6-10-16-34)25-35(44)19-17-31(2)12-11-22-41(39,42)3/h5,7-8,12-14,18,20,26,34-36,39,44-45,47H,4,6,9-11,15-17,19,21-25,27-30H2,1-3H3. The minimum absolute atomic E-state index is 0.0308. The van der Waals surface area contributed by atoms with E-state index in [2.05, 4.69) is 49.9 Å². The summed E-state index contributed by atoms with van der Waals surface area (Å²) >= 11 is 0. The number of Topliss-reactive ketones (excluding diaryl/α,β-unsaturated/α-hetero) is 1. The van der Waals surface area contributed by atoms with Gasteiger partial charge in [0.2, 0.25) is 0 Å². The summed E-state index contributed by atoms with van der Waals surface area (Å²) in [7, 11) is 0. The minimum Gasteiger partial charge on any atom is -0.393 e. The quantitative estimate of drug-likeness (QED) is 0.159. The Labute approximate surface area is 289 Å². The molecule has 6 nitrogen and oxygen atoms in total. The first-order chi connectivity index (χ1) is 23.1. The summed E-state index contributed by atoms with van der Waals surface area (Å²) in [5.74, 6) is 0.343. The van der Waals surface area contributed by atoms with Crippen molar-refractivity contribution in [2.24, 2.45) is 11.3 Å². The highest BCUT2D eigenvalue weighted by molar-refractivity contribution is 5.99. The first-order valence-corrected chi connectivity index (χ1v) is 18.9. The molecule has 2 fully saturated rings. The number of aliphatic hydroxyl groups is 3. The predicted octanol–water partition coefficient (Wildman–Crippen LogP) is 7.78. The summed E-state index contributed by atoms with van der Waals surface area (Å²) in [5, 5.41) is 34.8. The molecule has 0 heterocycles. The number of allylic oxidation sites excluding steroid dienone is 2. The molecule has 0 spiro atoms. The SMILES string of the molecule is CCCN(CC(O)COCc1ccccc1)CC1(O)CCC2c3ccc(cc3C(=O)C3CCCCC3)CC(O)CCC(C)=CCCC21C. The second kappa shape index (κ2) is 17.0. The lowest BCUT2D eigenvalue weighted by molar-refractivity contribution is -0.0906. The van der Waals surface area contributed by atoms with Gasteiger partial charge >= 0.3 is 0 Å². The number of hydrogen-bond acceptors (Lipinski definition) is 6. The lowest BCUT2D eigenvalue weighted by atomic mass is 9.64. The van der Waals surface area contributed by atoms with E-state index in [-0.39, 0.29) is 24.2 Å². The Morgan fingerprint density at radius 1 is 1.04 bits per heavy atom. The topological polar surface area (TPSA) is 90.2 Å². The lowest BCUT2D eigenvalue weighted by Gasteiger charge is -2.46. The average Bonchev–Trinajstić information content (AvgIpc) is 3.33. The fourth-order valence-electron chi connectivity index (χ4n) is 8.96. The van der Waals surface area contributed by atoms with Crippen LogP contribution in [0.4, 0.5) is 0 Å². The zero-order chi connectivity index (χ0) is 34.1. The number of benzene rings is 2. The van der Waals surface area contributed by atoms with E-state index >= 15 is 0 Å². The predicted molar refractivity (Wildman–Crippen MR) is 193 cm³/mol. The van der Waals surface area contributed by atoms with Crippen LogP contribution < -0.4 is 0 Å². The third-order valence-electron chi connectivity index (χ3n) is 11.8. The van der Waals surface area contributed by atoms with Crippen LogP contribution in [-0.4, -0.2) is 70.1 Å². The van der Waals surface area contributed by atoms with Gasteiger partial charge in [-0.2, -0.15) is 0 Å². The second-order valence-corrected chi connectivity index (χ2v) is 15.5. The highest BCUT2D eigenvalue weighted by atomic mass is 16.5. The first kappa shape index (κ1) is 36.9. The normalized spacial score (nSPS) is 27.8. The summed E-state index contributed by atoms with van der Waals surface area (Å²) < 4.78 is 5.88. The van der Waals surface area contributed by atoms with Crippen LogP contribution in [0.3, 0.4) is 0 Å². The van der Waals surface area contributed by atoms with Crippen molar-refractivity contribution in [3.05, 3.63) is 82.4 Å². The van der Waals surface area contributed by atoms with E-state index in [1.807, 2.05) is 30.3 Å². The molecule has 2 bridgehead atoms. The van der Waals surface area contributed by atoms with E-state index in [4.69, 9.17) is 4.74 Å². The number of hydrogen-bond donors (Lipinski definition) is 3. The molecule has 5 atom stereocenters. The molecule has 264 valence electrons. The Kier molecular flexibility index (Phi) is 13.1. The maximum atomic E-state index is 14.3. The summed E-state index contributed by atoms with van der Waals surface area (Å²) in [6.45, 7) is 8.95. The van der Waals surface area contributed by atoms with Crippen LogP contribution in [-0.2, 0) is 17.8 Å². The Morgan fingerprint density at radius 2 is 1.81 bits per heavy atom. The first-order valence-electron chi connectivity index (χ1n) is 18.9. The molecule has 3 N–H and O–H groups in total. The van der Waals surface area contributed by atoms with Crippen LogP contribution in [0, 0.1) is 11.3 Å². The van der Waals surface area contributed by atoms with E-state index < -0.39 is 23.2 Å². The van der Waals surface area contributed by atoms with Crippen molar-refractivity contribution in [3.63, 3.8) is 0 Å². The minimum atomic E-state index is -0.990. The number of carbonyl (C=O) groups excluding carboxylic acids is 1. The van der Waals surface area contributed by atoms with Gasteiger partial charge in [0.25, 0.3) is 0 Å². The van der Waals surface area contributed by atoms with E-state index in [0.29, 0.717) is 39.0 Å². The highest BCUT2D eigenvalue weighted by Gasteiger charge is 2.57. The molecule has 2 aromatic carbocycles. The number of carbonyl (C=O) groups is 1. The molecule has 0 aliphatic heterocycles. The van der Waals surface area contributed by atoms with Gasteiger partial charge < -0.3 is 20.1 Å². The van der Waals surface area contributed by atoms with E-state index in [9.17, 15) is 20.1 Å². The van der Waals surface area contributed by atoms with E-state index in [1.165, 1.54) is 12.0 Å². The number of ether oxygens (including phenoxy) is 1. The van der Waals surface area contributed by atoms with Crippen LogP contribution >= 0.6 is 0 Å². The molecule has 6 rings (SSSR count). The number of ketones is 1. The molecular formula is C42H61NO5. The fraction of sp³-hybridized carbons (Fsp3) is 0.643. The Morgan fingerprint density at radius 3 is 2.56 bits per heavy atom. The van der Waals surface area contributed by atoms with Gasteiger partial charge in [-0.1, -0.05) is 87.2 Å². The monoisotopic (exact) mass is 659 g/mol. The smallest absolute Gasteiger partial charge is 0.166 e. The number of aliphatic hydroxyl groups excluding tert-OH is 2. The Bertz CT molecular complexity index is 1350. The molecule has 4 aliphatic carbocycles. The Balaban J connectivity index is 1.42. The van der Waals surface area contributed by atoms with Crippen LogP contribution in [0.5, 0.6) is 0 Å². The van der Waals surface area contributed by atoms with E-state index in [1.54, 1.807) is 0 Å². The molecule has 2 aromatic rings. The number of rotatable bonds is 12. The van der Waals surface area contributed by atoms with Crippen molar-refractivity contribution in [2.75, 3.05) is 26.2 Å². The summed E-state index contributed by atoms with van der Waals surface area (Å²) in [5.41, 5.74) is 3.83. The summed E-state index contributed by atoms with van der Waals surface area (Å²) in [6, 6.07) is 16.4. The lowest BCUT2D eigenvalue weighted by Crippen LogP contribution is -2.54. The molecule has 2 saturated carbocycles. The maximum absolute atomic E-state index is 14.3. The Hall–Kier alpha value is -2.35. The maximum Gasteiger partial charge on any atom is 0.166 e. The third-order valence-corrected chi connectivity index (χ3v) is 11.8. The number of nitrogens with zero attached hydrogens (tertiary/aromatic N) is 1. The van der Waals surface area contributed by atoms with Gasteiger partial charge in [-0.3, -0.25) is 9.69 Å². The molecule has 4 aliphatic rings. The van der Waals surface area contributed by atoms with Crippen molar-refractivity contribution >= 4 is 5.78 Å². The third kappa shape index (κ3) is 9.05. The average molecular weight is 660 g/mol. The molecule has 6 heteroatoms. The van der Waals surface area contributed by atoms with Gasteiger partial charge in [-0.15, -0.1) is 0 Å². The van der Waals surface area contributed by atoms with Gasteiger partial charge in [0.1, 0.15) is 0 Å². The summed E-state index contributed by atoms with van der Waals surface area (Å²) in [6.07, 6.45) is 12.6. The molecule has 0 amide bonds. The molecule has 5 unspecified atom stereocenters. The zero-order valence-electron chi connectivity index (χ0n) is 29.8. The van der Waals surface area contributed by atoms with Gasteiger partial charge in [-0.25, -0.2) is 0 Å². The van der Waals surface area contributed by atoms with Gasteiger partial charge in [0.15, 0.2) is 5.78 Å². The van der Waals surface area contributed by atoms with Crippen LogP contribution in [0.15, 0.2) is 60.2 Å². The van der Waals surface area contributed by atoms with Gasteiger partial charge in [0, 0.05) is 30.0 Å². The van der Waals surface area contributed by atoms with Crippen LogP contribution in [0.25, 0.3) is 0 Å². The molecule has 0 aromatic heterocycles. The van der Waals surface area contributed by atoms with Crippen molar-refractivity contribution in [2.45, 2.75) is 135 Å². The van der Waals surface area contributed by atoms with E-state index in [0.717, 1.165) is 86.6 Å². The van der Waals surface area contributed by atoms with Crippen LogP contribution in [0.1, 0.15) is 131 Å². The van der Waals surface area contributed by atoms with Crippen molar-refractivity contribution in [1.29, 1.82) is 0 Å². The largest absolute Gasteiger partial charge is 0.393 e. The summed E-state index contributed by atoms with van der Waals surface area (Å²) in [4.78, 5) is 16.5. The molecule has 0 radical (unpaired) electrons. The second-order valence-electron chi connectivity index (χ2n) is 15.5. The highest BCUT2D eigenvalue weighted by Crippen LogP contribution is 2.59. The molecular weight excluding hydrogens is 598 g/mol.